The largest absolute Gasteiger partial charge is 0.399 e. The standard InChI is InChI=1S/C10H15N/c1-8(10-6-7-10)4-3-5-9(2)11/h3-5,10H,2,6-7,11H2,1H3/b5-3-,8-4+. The molecule has 0 unspecified atom stereocenters. The van der Waals surface area contributed by atoms with Gasteiger partial charge in [-0.15, -0.1) is 0 Å². The first-order valence-corrected chi connectivity index (χ1v) is 3.99. The van der Waals surface area contributed by atoms with Crippen LogP contribution in [0.1, 0.15) is 19.8 Å². The fourth-order valence-corrected chi connectivity index (χ4v) is 0.998. The number of allylic oxidation sites excluding steroid dienone is 4. The predicted molar refractivity (Wildman–Crippen MR) is 48.9 cm³/mol. The van der Waals surface area contributed by atoms with E-state index in [9.17, 15) is 0 Å². The molecule has 0 heterocycles. The van der Waals surface area contributed by atoms with Crippen LogP contribution in [0, 0.1) is 5.92 Å². The molecule has 2 N–H and O–H groups in total. The van der Waals surface area contributed by atoms with Gasteiger partial charge in [0.15, 0.2) is 0 Å². The van der Waals surface area contributed by atoms with Crippen LogP contribution in [0.4, 0.5) is 0 Å². The van der Waals surface area contributed by atoms with Gasteiger partial charge in [0.25, 0.3) is 0 Å². The summed E-state index contributed by atoms with van der Waals surface area (Å²) < 4.78 is 0. The molecule has 1 fully saturated rings. The lowest BCUT2D eigenvalue weighted by Gasteiger charge is -1.91. The van der Waals surface area contributed by atoms with Gasteiger partial charge >= 0.3 is 0 Å². The fourth-order valence-electron chi connectivity index (χ4n) is 0.998. The highest BCUT2D eigenvalue weighted by Crippen LogP contribution is 2.35. The smallest absolute Gasteiger partial charge is 0.0240 e. The van der Waals surface area contributed by atoms with E-state index in [2.05, 4.69) is 19.6 Å². The topological polar surface area (TPSA) is 26.0 Å². The average molecular weight is 149 g/mol. The maximum Gasteiger partial charge on any atom is 0.0240 e. The molecule has 0 aromatic carbocycles. The van der Waals surface area contributed by atoms with Gasteiger partial charge in [-0.1, -0.05) is 24.3 Å². The molecule has 0 saturated heterocycles. The molecule has 11 heavy (non-hydrogen) atoms. The fraction of sp³-hybridized carbons (Fsp3) is 0.400. The minimum Gasteiger partial charge on any atom is -0.399 e. The average Bonchev–Trinajstić information content (AvgIpc) is 2.66. The molecule has 0 aromatic rings. The van der Waals surface area contributed by atoms with Gasteiger partial charge in [-0.3, -0.25) is 0 Å². The van der Waals surface area contributed by atoms with Crippen molar-refractivity contribution in [3.8, 4) is 0 Å². The Morgan fingerprint density at radius 1 is 1.55 bits per heavy atom. The van der Waals surface area contributed by atoms with E-state index in [0.717, 1.165) is 5.92 Å². The Hall–Kier alpha value is -0.980. The lowest BCUT2D eigenvalue weighted by molar-refractivity contribution is 1.01. The summed E-state index contributed by atoms with van der Waals surface area (Å²) >= 11 is 0. The van der Waals surface area contributed by atoms with Gasteiger partial charge in [-0.25, -0.2) is 0 Å². The Morgan fingerprint density at radius 3 is 2.64 bits per heavy atom. The van der Waals surface area contributed by atoms with Crippen molar-refractivity contribution >= 4 is 0 Å². The molecule has 1 saturated carbocycles. The first kappa shape index (κ1) is 8.12. The molecule has 0 atom stereocenters. The van der Waals surface area contributed by atoms with Crippen molar-refractivity contribution in [3.63, 3.8) is 0 Å². The molecule has 0 aromatic heterocycles. The molecule has 1 heteroatoms. The van der Waals surface area contributed by atoms with Crippen molar-refractivity contribution in [1.82, 2.24) is 0 Å². The molecule has 60 valence electrons. The van der Waals surface area contributed by atoms with E-state index in [1.54, 1.807) is 0 Å². The highest BCUT2D eigenvalue weighted by atomic mass is 14.5. The predicted octanol–water partition coefficient (Wildman–Crippen LogP) is 2.37. The maximum absolute atomic E-state index is 5.36. The van der Waals surface area contributed by atoms with Crippen LogP contribution in [0.3, 0.4) is 0 Å². The third-order valence-corrected chi connectivity index (χ3v) is 1.89. The highest BCUT2D eigenvalue weighted by Gasteiger charge is 2.21. The zero-order chi connectivity index (χ0) is 8.27. The first-order valence-electron chi connectivity index (χ1n) is 3.99. The quantitative estimate of drug-likeness (QED) is 0.612. The Balaban J connectivity index is 2.38. The van der Waals surface area contributed by atoms with E-state index in [-0.39, 0.29) is 0 Å². The van der Waals surface area contributed by atoms with Gasteiger partial charge < -0.3 is 5.73 Å². The number of hydrogen-bond acceptors (Lipinski definition) is 1. The monoisotopic (exact) mass is 149 g/mol. The lowest BCUT2D eigenvalue weighted by Crippen LogP contribution is -1.87. The zero-order valence-electron chi connectivity index (χ0n) is 7.01. The van der Waals surface area contributed by atoms with Crippen LogP contribution in [0.25, 0.3) is 0 Å². The van der Waals surface area contributed by atoms with E-state index in [1.165, 1.54) is 18.4 Å². The van der Waals surface area contributed by atoms with E-state index in [0.29, 0.717) is 5.70 Å². The van der Waals surface area contributed by atoms with Crippen LogP contribution >= 0.6 is 0 Å². The Bertz CT molecular complexity index is 207. The normalized spacial score (nSPS) is 19.2. The molecule has 0 bridgehead atoms. The van der Waals surface area contributed by atoms with Crippen LogP contribution in [-0.4, -0.2) is 0 Å². The zero-order valence-corrected chi connectivity index (χ0v) is 7.01. The number of hydrogen-bond donors (Lipinski definition) is 1. The first-order chi connectivity index (χ1) is 5.20. The van der Waals surface area contributed by atoms with Gasteiger partial charge in [0, 0.05) is 5.70 Å². The van der Waals surface area contributed by atoms with Gasteiger partial charge in [0.05, 0.1) is 0 Å². The van der Waals surface area contributed by atoms with Crippen LogP contribution in [0.5, 0.6) is 0 Å². The molecule has 1 rings (SSSR count). The Morgan fingerprint density at radius 2 is 2.18 bits per heavy atom. The van der Waals surface area contributed by atoms with Crippen LogP contribution in [-0.2, 0) is 0 Å². The lowest BCUT2D eigenvalue weighted by atomic mass is 10.2. The van der Waals surface area contributed by atoms with E-state index < -0.39 is 0 Å². The van der Waals surface area contributed by atoms with Crippen LogP contribution in [0.2, 0.25) is 0 Å². The summed E-state index contributed by atoms with van der Waals surface area (Å²) in [7, 11) is 0. The molecular weight excluding hydrogens is 134 g/mol. The van der Waals surface area contributed by atoms with Crippen molar-refractivity contribution in [2.45, 2.75) is 19.8 Å². The molecule has 0 amide bonds. The molecule has 0 radical (unpaired) electrons. The third-order valence-electron chi connectivity index (χ3n) is 1.89. The summed E-state index contributed by atoms with van der Waals surface area (Å²) in [4.78, 5) is 0. The van der Waals surface area contributed by atoms with Crippen molar-refractivity contribution in [3.05, 3.63) is 36.1 Å². The summed E-state index contributed by atoms with van der Waals surface area (Å²) in [5.41, 5.74) is 7.44. The van der Waals surface area contributed by atoms with E-state index in [1.807, 2.05) is 12.2 Å². The van der Waals surface area contributed by atoms with Crippen LogP contribution in [0.15, 0.2) is 36.1 Å². The Labute approximate surface area is 68.3 Å². The summed E-state index contributed by atoms with van der Waals surface area (Å²) in [5.74, 6) is 0.852. The van der Waals surface area contributed by atoms with Crippen molar-refractivity contribution in [2.75, 3.05) is 0 Å². The maximum atomic E-state index is 5.36. The van der Waals surface area contributed by atoms with Crippen molar-refractivity contribution < 1.29 is 0 Å². The SMILES string of the molecule is C=C(N)/C=C\C=C(/C)C1CC1. The minimum atomic E-state index is 0.616. The molecule has 0 spiro atoms. The van der Waals surface area contributed by atoms with Crippen molar-refractivity contribution in [2.24, 2.45) is 11.7 Å². The van der Waals surface area contributed by atoms with Gasteiger partial charge in [0.1, 0.15) is 0 Å². The van der Waals surface area contributed by atoms with E-state index >= 15 is 0 Å². The number of rotatable bonds is 3. The highest BCUT2D eigenvalue weighted by molar-refractivity contribution is 5.21. The molecule has 1 nitrogen and oxygen atoms in total. The van der Waals surface area contributed by atoms with Crippen molar-refractivity contribution in [1.29, 1.82) is 0 Å². The molecule has 1 aliphatic carbocycles. The van der Waals surface area contributed by atoms with Gasteiger partial charge in [-0.2, -0.15) is 0 Å². The van der Waals surface area contributed by atoms with E-state index in [4.69, 9.17) is 5.73 Å². The van der Waals surface area contributed by atoms with Gasteiger partial charge in [-0.05, 0) is 31.8 Å². The summed E-state index contributed by atoms with van der Waals surface area (Å²) in [6.45, 7) is 5.74. The second-order valence-corrected chi connectivity index (χ2v) is 3.12. The Kier molecular flexibility index (Phi) is 2.53. The minimum absolute atomic E-state index is 0.616. The third kappa shape index (κ3) is 3.08. The second kappa shape index (κ2) is 3.42. The van der Waals surface area contributed by atoms with Crippen LogP contribution < -0.4 is 5.73 Å². The summed E-state index contributed by atoms with van der Waals surface area (Å²) in [6, 6.07) is 0. The second-order valence-electron chi connectivity index (χ2n) is 3.12. The number of nitrogens with two attached hydrogens (primary N) is 1. The summed E-state index contributed by atoms with van der Waals surface area (Å²) in [5, 5.41) is 0. The van der Waals surface area contributed by atoms with Gasteiger partial charge in [0.2, 0.25) is 0 Å². The summed E-state index contributed by atoms with van der Waals surface area (Å²) in [6.07, 6.45) is 8.64. The molecule has 0 aliphatic heterocycles. The molecule has 1 aliphatic rings. The molecular formula is C10H15N.